The van der Waals surface area contributed by atoms with Crippen molar-refractivity contribution in [2.75, 3.05) is 25.4 Å². The molecule has 0 aromatic rings. The van der Waals surface area contributed by atoms with Crippen molar-refractivity contribution in [3.8, 4) is 0 Å². The van der Waals surface area contributed by atoms with Crippen LogP contribution in [0.15, 0.2) is 11.5 Å². The molecule has 4 nitrogen and oxygen atoms in total. The van der Waals surface area contributed by atoms with Crippen LogP contribution in [0.5, 0.6) is 0 Å². The Morgan fingerprint density at radius 2 is 2.12 bits per heavy atom. The van der Waals surface area contributed by atoms with Crippen molar-refractivity contribution in [3.05, 3.63) is 11.5 Å². The van der Waals surface area contributed by atoms with Crippen molar-refractivity contribution in [1.29, 1.82) is 0 Å². The SMILES string of the molecule is O=S1(=O)C=CC(N2CCNC(C3CC3)C2)C1. The van der Waals surface area contributed by atoms with E-state index in [0.717, 1.165) is 25.6 Å². The molecule has 0 amide bonds. The van der Waals surface area contributed by atoms with Crippen LogP contribution in [0, 0.1) is 5.92 Å². The molecule has 3 rings (SSSR count). The molecule has 0 spiro atoms. The van der Waals surface area contributed by atoms with Crippen molar-refractivity contribution in [3.63, 3.8) is 0 Å². The molecular weight excluding hydrogens is 224 g/mol. The Hall–Kier alpha value is -0.390. The van der Waals surface area contributed by atoms with Gasteiger partial charge in [-0.3, -0.25) is 4.90 Å². The van der Waals surface area contributed by atoms with Gasteiger partial charge in [0.25, 0.3) is 0 Å². The van der Waals surface area contributed by atoms with Gasteiger partial charge in [-0.15, -0.1) is 0 Å². The highest BCUT2D eigenvalue weighted by Crippen LogP contribution is 2.34. The quantitative estimate of drug-likeness (QED) is 0.739. The van der Waals surface area contributed by atoms with Crippen molar-refractivity contribution < 1.29 is 8.42 Å². The van der Waals surface area contributed by atoms with Crippen LogP contribution >= 0.6 is 0 Å². The molecule has 1 saturated heterocycles. The van der Waals surface area contributed by atoms with Gasteiger partial charge in [-0.05, 0) is 18.8 Å². The minimum Gasteiger partial charge on any atom is -0.311 e. The minimum atomic E-state index is -2.91. The lowest BCUT2D eigenvalue weighted by Crippen LogP contribution is -2.54. The third kappa shape index (κ3) is 2.17. The monoisotopic (exact) mass is 242 g/mol. The fourth-order valence-electron chi connectivity index (χ4n) is 2.70. The number of rotatable bonds is 2. The standard InChI is InChI=1S/C11H18N2O2S/c14-16(15)6-3-10(8-16)13-5-4-12-11(7-13)9-1-2-9/h3,6,9-12H,1-2,4-5,7-8H2. The van der Waals surface area contributed by atoms with Gasteiger partial charge >= 0.3 is 0 Å². The van der Waals surface area contributed by atoms with Crippen LogP contribution in [-0.2, 0) is 9.84 Å². The molecular formula is C11H18N2O2S. The topological polar surface area (TPSA) is 49.4 Å². The molecule has 2 fully saturated rings. The van der Waals surface area contributed by atoms with E-state index in [1.807, 2.05) is 6.08 Å². The van der Waals surface area contributed by atoms with Gasteiger partial charge in [0.1, 0.15) is 0 Å². The molecule has 3 aliphatic rings. The summed E-state index contributed by atoms with van der Waals surface area (Å²) in [5.74, 6) is 1.12. The molecule has 0 radical (unpaired) electrons. The lowest BCUT2D eigenvalue weighted by atomic mass is 10.1. The summed E-state index contributed by atoms with van der Waals surface area (Å²) >= 11 is 0. The summed E-state index contributed by atoms with van der Waals surface area (Å²) in [4.78, 5) is 2.32. The van der Waals surface area contributed by atoms with E-state index in [2.05, 4.69) is 10.2 Å². The molecule has 2 heterocycles. The molecule has 1 saturated carbocycles. The maximum Gasteiger partial charge on any atom is 0.173 e. The first-order valence-corrected chi connectivity index (χ1v) is 7.74. The van der Waals surface area contributed by atoms with Gasteiger partial charge < -0.3 is 5.32 Å². The largest absolute Gasteiger partial charge is 0.311 e. The summed E-state index contributed by atoms with van der Waals surface area (Å²) in [6, 6.07) is 0.707. The number of hydrogen-bond donors (Lipinski definition) is 1. The predicted molar refractivity (Wildman–Crippen MR) is 62.8 cm³/mol. The van der Waals surface area contributed by atoms with Gasteiger partial charge in [0.2, 0.25) is 0 Å². The van der Waals surface area contributed by atoms with Crippen LogP contribution in [-0.4, -0.2) is 50.8 Å². The fraction of sp³-hybridized carbons (Fsp3) is 0.818. The van der Waals surface area contributed by atoms with E-state index < -0.39 is 9.84 Å². The van der Waals surface area contributed by atoms with Crippen LogP contribution in [0.4, 0.5) is 0 Å². The lowest BCUT2D eigenvalue weighted by Gasteiger charge is -2.36. The zero-order chi connectivity index (χ0) is 11.2. The lowest BCUT2D eigenvalue weighted by molar-refractivity contribution is 0.168. The maximum atomic E-state index is 11.4. The average Bonchev–Trinajstić information content (AvgIpc) is 3.04. The van der Waals surface area contributed by atoms with Crippen LogP contribution in [0.3, 0.4) is 0 Å². The van der Waals surface area contributed by atoms with E-state index in [-0.39, 0.29) is 11.8 Å². The number of nitrogens with zero attached hydrogens (tertiary/aromatic N) is 1. The van der Waals surface area contributed by atoms with E-state index in [4.69, 9.17) is 0 Å². The Labute approximate surface area is 96.6 Å². The molecule has 1 aliphatic carbocycles. The summed E-state index contributed by atoms with van der Waals surface area (Å²) in [7, 11) is -2.91. The van der Waals surface area contributed by atoms with Gasteiger partial charge in [0, 0.05) is 37.1 Å². The third-order valence-electron chi connectivity index (χ3n) is 3.81. The number of sulfone groups is 1. The van der Waals surface area contributed by atoms with E-state index in [1.54, 1.807) is 0 Å². The third-order valence-corrected chi connectivity index (χ3v) is 5.19. The van der Waals surface area contributed by atoms with E-state index >= 15 is 0 Å². The minimum absolute atomic E-state index is 0.119. The highest BCUT2D eigenvalue weighted by atomic mass is 32.2. The first kappa shape index (κ1) is 10.7. The molecule has 1 N–H and O–H groups in total. The number of nitrogens with one attached hydrogen (secondary N) is 1. The van der Waals surface area contributed by atoms with Crippen LogP contribution in [0.2, 0.25) is 0 Å². The molecule has 90 valence electrons. The van der Waals surface area contributed by atoms with Crippen molar-refractivity contribution in [2.45, 2.75) is 24.9 Å². The maximum absolute atomic E-state index is 11.4. The van der Waals surface area contributed by atoms with Crippen LogP contribution in [0.1, 0.15) is 12.8 Å². The predicted octanol–water partition coefficient (Wildman–Crippen LogP) is -0.0191. The summed E-state index contributed by atoms with van der Waals surface area (Å²) < 4.78 is 22.8. The summed E-state index contributed by atoms with van der Waals surface area (Å²) in [6.07, 6.45) is 4.53. The van der Waals surface area contributed by atoms with Gasteiger partial charge in [-0.1, -0.05) is 6.08 Å². The molecule has 16 heavy (non-hydrogen) atoms. The summed E-state index contributed by atoms with van der Waals surface area (Å²) in [5, 5.41) is 4.92. The first-order chi connectivity index (χ1) is 7.64. The Kier molecular flexibility index (Phi) is 2.57. The second-order valence-corrected chi connectivity index (χ2v) is 7.05. The molecule has 2 aliphatic heterocycles. The first-order valence-electron chi connectivity index (χ1n) is 6.02. The highest BCUT2D eigenvalue weighted by Gasteiger charge is 2.37. The molecule has 2 unspecified atom stereocenters. The van der Waals surface area contributed by atoms with E-state index in [9.17, 15) is 8.42 Å². The van der Waals surface area contributed by atoms with Crippen molar-refractivity contribution in [1.82, 2.24) is 10.2 Å². The van der Waals surface area contributed by atoms with Gasteiger partial charge in [-0.25, -0.2) is 8.42 Å². The molecule has 2 atom stereocenters. The molecule has 0 aromatic carbocycles. The smallest absolute Gasteiger partial charge is 0.173 e. The van der Waals surface area contributed by atoms with E-state index in [1.165, 1.54) is 18.2 Å². The number of piperazine rings is 1. The Morgan fingerprint density at radius 3 is 2.75 bits per heavy atom. The van der Waals surface area contributed by atoms with Gasteiger partial charge in [0.15, 0.2) is 9.84 Å². The molecule has 5 heteroatoms. The highest BCUT2D eigenvalue weighted by molar-refractivity contribution is 7.94. The van der Waals surface area contributed by atoms with E-state index in [0.29, 0.717) is 6.04 Å². The normalized spacial score (nSPS) is 39.0. The Bertz CT molecular complexity index is 400. The molecule has 0 aromatic heterocycles. The van der Waals surface area contributed by atoms with Crippen LogP contribution < -0.4 is 5.32 Å². The zero-order valence-corrected chi connectivity index (χ0v) is 10.1. The zero-order valence-electron chi connectivity index (χ0n) is 9.30. The second kappa shape index (κ2) is 3.82. The van der Waals surface area contributed by atoms with Crippen molar-refractivity contribution >= 4 is 9.84 Å². The number of hydrogen-bond acceptors (Lipinski definition) is 4. The summed E-state index contributed by atoms with van der Waals surface area (Å²) in [6.45, 7) is 2.97. The van der Waals surface area contributed by atoms with Gasteiger partial charge in [0.05, 0.1) is 5.75 Å². The average molecular weight is 242 g/mol. The van der Waals surface area contributed by atoms with Crippen LogP contribution in [0.25, 0.3) is 0 Å². The fourth-order valence-corrected chi connectivity index (χ4v) is 4.03. The van der Waals surface area contributed by atoms with Crippen molar-refractivity contribution in [2.24, 2.45) is 5.92 Å². The summed E-state index contributed by atoms with van der Waals surface area (Å²) in [5.41, 5.74) is 0. The molecule has 0 bridgehead atoms. The second-order valence-electron chi connectivity index (χ2n) is 5.12. The Balaban J connectivity index is 1.64. The Morgan fingerprint density at radius 1 is 1.31 bits per heavy atom. The van der Waals surface area contributed by atoms with Gasteiger partial charge in [-0.2, -0.15) is 0 Å².